The second-order valence-corrected chi connectivity index (χ2v) is 6.28. The van der Waals surface area contributed by atoms with Gasteiger partial charge in [0.25, 0.3) is 5.56 Å². The van der Waals surface area contributed by atoms with Crippen molar-refractivity contribution in [1.82, 2.24) is 9.47 Å². The summed E-state index contributed by atoms with van der Waals surface area (Å²) in [6, 6.07) is 10.8. The number of nitrogens with zero attached hydrogens (tertiary/aromatic N) is 2. The van der Waals surface area contributed by atoms with Crippen molar-refractivity contribution in [3.63, 3.8) is 0 Å². The van der Waals surface area contributed by atoms with Crippen molar-refractivity contribution < 1.29 is 13.9 Å². The fourth-order valence-electron chi connectivity index (χ4n) is 3.01. The van der Waals surface area contributed by atoms with E-state index in [2.05, 4.69) is 0 Å². The second-order valence-electron chi connectivity index (χ2n) is 6.28. The van der Waals surface area contributed by atoms with Crippen molar-refractivity contribution in [3.8, 4) is 5.75 Å². The van der Waals surface area contributed by atoms with Gasteiger partial charge in [-0.15, -0.1) is 0 Å². The molecular weight excluding hydrogens is 323 g/mol. The molecule has 0 saturated carbocycles. The van der Waals surface area contributed by atoms with Crippen molar-refractivity contribution in [2.24, 2.45) is 5.92 Å². The lowest BCUT2D eigenvalue weighted by Gasteiger charge is -2.32. The van der Waals surface area contributed by atoms with E-state index in [-0.39, 0.29) is 29.7 Å². The van der Waals surface area contributed by atoms with Crippen LogP contribution in [0.15, 0.2) is 53.5 Å². The third-order valence-corrected chi connectivity index (χ3v) is 4.38. The Morgan fingerprint density at radius 1 is 1.20 bits per heavy atom. The minimum absolute atomic E-state index is 0.0558. The molecule has 1 aromatic heterocycles. The summed E-state index contributed by atoms with van der Waals surface area (Å²) in [5, 5.41) is 0. The lowest BCUT2D eigenvalue weighted by Crippen LogP contribution is -2.43. The maximum absolute atomic E-state index is 12.9. The molecule has 2 heterocycles. The molecule has 6 heteroatoms. The van der Waals surface area contributed by atoms with Gasteiger partial charge in [0, 0.05) is 31.3 Å². The Balaban J connectivity index is 1.53. The molecule has 1 unspecified atom stereocenters. The molecule has 1 amide bonds. The van der Waals surface area contributed by atoms with E-state index in [4.69, 9.17) is 4.74 Å². The Labute approximate surface area is 145 Å². The largest absolute Gasteiger partial charge is 0.493 e. The number of hydrogen-bond acceptors (Lipinski definition) is 3. The van der Waals surface area contributed by atoms with Crippen LogP contribution in [-0.4, -0.2) is 35.1 Å². The van der Waals surface area contributed by atoms with Crippen molar-refractivity contribution in [3.05, 3.63) is 64.8 Å². The first-order chi connectivity index (χ1) is 12.1. The quantitative estimate of drug-likeness (QED) is 0.836. The average Bonchev–Trinajstić information content (AvgIpc) is 2.63. The molecule has 0 spiro atoms. The first-order valence-corrected chi connectivity index (χ1v) is 8.43. The molecule has 0 aliphatic carbocycles. The smallest absolute Gasteiger partial charge is 0.250 e. The number of benzene rings is 1. The number of carbonyl (C=O) groups is 1. The second kappa shape index (κ2) is 7.96. The molecule has 1 aromatic carbocycles. The van der Waals surface area contributed by atoms with Gasteiger partial charge in [-0.1, -0.05) is 6.07 Å². The number of ether oxygens (including phenoxy) is 1. The van der Waals surface area contributed by atoms with E-state index in [1.165, 1.54) is 22.8 Å². The molecule has 3 rings (SSSR count). The summed E-state index contributed by atoms with van der Waals surface area (Å²) in [4.78, 5) is 26.0. The van der Waals surface area contributed by atoms with Crippen LogP contribution < -0.4 is 10.3 Å². The Morgan fingerprint density at radius 2 is 2.00 bits per heavy atom. The summed E-state index contributed by atoms with van der Waals surface area (Å²) in [5.74, 6) is 0.508. The standard InChI is InChI=1S/C19H21FN2O3/c20-16-6-8-17(9-7-16)25-14-15-4-3-11-21(12-15)19(24)13-22-10-2-1-5-18(22)23/h1-2,5-10,15H,3-4,11-14H2. The monoisotopic (exact) mass is 344 g/mol. The highest BCUT2D eigenvalue weighted by atomic mass is 19.1. The predicted octanol–water partition coefficient (Wildman–Crippen LogP) is 2.31. The highest BCUT2D eigenvalue weighted by Gasteiger charge is 2.24. The predicted molar refractivity (Wildman–Crippen MR) is 91.9 cm³/mol. The highest BCUT2D eigenvalue weighted by Crippen LogP contribution is 2.19. The SMILES string of the molecule is O=C(Cn1ccccc1=O)N1CCCC(COc2ccc(F)cc2)C1. The first kappa shape index (κ1) is 17.2. The lowest BCUT2D eigenvalue weighted by atomic mass is 9.99. The van der Waals surface area contributed by atoms with Gasteiger partial charge in [-0.2, -0.15) is 0 Å². The van der Waals surface area contributed by atoms with E-state index in [1.807, 2.05) is 0 Å². The zero-order valence-corrected chi connectivity index (χ0v) is 13.9. The van der Waals surface area contributed by atoms with Gasteiger partial charge in [0.1, 0.15) is 18.1 Å². The first-order valence-electron chi connectivity index (χ1n) is 8.43. The molecule has 0 N–H and O–H groups in total. The number of pyridine rings is 1. The van der Waals surface area contributed by atoms with Crippen LogP contribution in [0.5, 0.6) is 5.75 Å². The third-order valence-electron chi connectivity index (χ3n) is 4.38. The van der Waals surface area contributed by atoms with Crippen molar-refractivity contribution >= 4 is 5.91 Å². The topological polar surface area (TPSA) is 51.5 Å². The fraction of sp³-hybridized carbons (Fsp3) is 0.368. The summed E-state index contributed by atoms with van der Waals surface area (Å²) in [6.07, 6.45) is 3.52. The van der Waals surface area contributed by atoms with E-state index < -0.39 is 0 Å². The number of likely N-dealkylation sites (tertiary alicyclic amines) is 1. The molecular formula is C19H21FN2O3. The average molecular weight is 344 g/mol. The van der Waals surface area contributed by atoms with Crippen LogP contribution >= 0.6 is 0 Å². The van der Waals surface area contributed by atoms with Crippen molar-refractivity contribution in [1.29, 1.82) is 0 Å². The molecule has 25 heavy (non-hydrogen) atoms. The number of amides is 1. The minimum Gasteiger partial charge on any atom is -0.493 e. The summed E-state index contributed by atoms with van der Waals surface area (Å²) in [5.41, 5.74) is -0.177. The van der Waals surface area contributed by atoms with Gasteiger partial charge in [0.15, 0.2) is 0 Å². The van der Waals surface area contributed by atoms with Crippen LogP contribution in [0.1, 0.15) is 12.8 Å². The van der Waals surface area contributed by atoms with Crippen LogP contribution in [-0.2, 0) is 11.3 Å². The number of hydrogen-bond donors (Lipinski definition) is 0. The zero-order valence-electron chi connectivity index (χ0n) is 13.9. The Kier molecular flexibility index (Phi) is 5.48. The van der Waals surface area contributed by atoms with Crippen LogP contribution in [0.4, 0.5) is 4.39 Å². The van der Waals surface area contributed by atoms with E-state index in [9.17, 15) is 14.0 Å². The summed E-state index contributed by atoms with van der Waals surface area (Å²) in [7, 11) is 0. The minimum atomic E-state index is -0.294. The molecule has 2 aromatic rings. The summed E-state index contributed by atoms with van der Waals surface area (Å²) >= 11 is 0. The number of halogens is 1. The third kappa shape index (κ3) is 4.68. The van der Waals surface area contributed by atoms with Gasteiger partial charge < -0.3 is 14.2 Å². The summed E-state index contributed by atoms with van der Waals surface area (Å²) in [6.45, 7) is 1.86. The fourth-order valence-corrected chi connectivity index (χ4v) is 3.01. The Hall–Kier alpha value is -2.63. The molecule has 1 aliphatic heterocycles. The van der Waals surface area contributed by atoms with Crippen molar-refractivity contribution in [2.45, 2.75) is 19.4 Å². The highest BCUT2D eigenvalue weighted by molar-refractivity contribution is 5.76. The molecule has 0 bridgehead atoms. The van der Waals surface area contributed by atoms with Gasteiger partial charge in [-0.25, -0.2) is 4.39 Å². The van der Waals surface area contributed by atoms with Gasteiger partial charge in [0.05, 0.1) is 6.61 Å². The molecule has 132 valence electrons. The normalized spacial score (nSPS) is 17.3. The number of piperidine rings is 1. The molecule has 0 radical (unpaired) electrons. The Bertz CT molecular complexity index is 773. The van der Waals surface area contributed by atoms with E-state index in [1.54, 1.807) is 35.4 Å². The van der Waals surface area contributed by atoms with Gasteiger partial charge >= 0.3 is 0 Å². The summed E-state index contributed by atoms with van der Waals surface area (Å²) < 4.78 is 20.0. The van der Waals surface area contributed by atoms with E-state index in [0.29, 0.717) is 25.4 Å². The van der Waals surface area contributed by atoms with Gasteiger partial charge in [-0.3, -0.25) is 9.59 Å². The molecule has 1 saturated heterocycles. The van der Waals surface area contributed by atoms with Crippen LogP contribution in [0.25, 0.3) is 0 Å². The van der Waals surface area contributed by atoms with Crippen LogP contribution in [0.2, 0.25) is 0 Å². The molecule has 1 atom stereocenters. The zero-order chi connectivity index (χ0) is 17.6. The molecule has 5 nitrogen and oxygen atoms in total. The number of carbonyl (C=O) groups excluding carboxylic acids is 1. The van der Waals surface area contributed by atoms with E-state index in [0.717, 1.165) is 12.8 Å². The van der Waals surface area contributed by atoms with Crippen molar-refractivity contribution in [2.75, 3.05) is 19.7 Å². The van der Waals surface area contributed by atoms with E-state index >= 15 is 0 Å². The van der Waals surface area contributed by atoms with Gasteiger partial charge in [-0.05, 0) is 43.2 Å². The maximum Gasteiger partial charge on any atom is 0.250 e. The number of aromatic nitrogens is 1. The molecule has 1 fully saturated rings. The maximum atomic E-state index is 12.9. The lowest BCUT2D eigenvalue weighted by molar-refractivity contribution is -0.133. The van der Waals surface area contributed by atoms with Gasteiger partial charge in [0.2, 0.25) is 5.91 Å². The molecule has 1 aliphatic rings. The Morgan fingerprint density at radius 3 is 2.76 bits per heavy atom. The number of rotatable bonds is 5. The van der Waals surface area contributed by atoms with Crippen LogP contribution in [0, 0.1) is 11.7 Å². The van der Waals surface area contributed by atoms with Crippen LogP contribution in [0.3, 0.4) is 0 Å².